The lowest BCUT2D eigenvalue weighted by Crippen LogP contribution is -2.41. The lowest BCUT2D eigenvalue weighted by molar-refractivity contribution is -0.384. The van der Waals surface area contributed by atoms with Gasteiger partial charge in [-0.05, 0) is 30.9 Å². The zero-order valence-corrected chi connectivity index (χ0v) is 12.6. The molecule has 0 saturated carbocycles. The van der Waals surface area contributed by atoms with Gasteiger partial charge >= 0.3 is 5.97 Å². The zero-order chi connectivity index (χ0) is 17.0. The van der Waals surface area contributed by atoms with Gasteiger partial charge in [0.05, 0.1) is 23.7 Å². The number of nitriles is 1. The van der Waals surface area contributed by atoms with Crippen molar-refractivity contribution in [3.8, 4) is 6.07 Å². The molecule has 1 aliphatic heterocycles. The first-order chi connectivity index (χ1) is 11.0. The summed E-state index contributed by atoms with van der Waals surface area (Å²) in [7, 11) is 1.22. The number of aliphatic hydroxyl groups excluding tert-OH is 1. The van der Waals surface area contributed by atoms with Gasteiger partial charge in [-0.1, -0.05) is 0 Å². The van der Waals surface area contributed by atoms with Gasteiger partial charge in [-0.2, -0.15) is 5.26 Å². The van der Waals surface area contributed by atoms with Crippen LogP contribution in [0.4, 0.5) is 11.4 Å². The Labute approximate surface area is 133 Å². The zero-order valence-electron chi connectivity index (χ0n) is 12.6. The molecule has 0 spiro atoms. The number of hydrogen-bond donors (Lipinski definition) is 1. The Morgan fingerprint density at radius 2 is 2.17 bits per heavy atom. The fraction of sp³-hybridized carbons (Fsp3) is 0.467. The van der Waals surface area contributed by atoms with E-state index < -0.39 is 17.0 Å². The van der Waals surface area contributed by atoms with Crippen molar-refractivity contribution in [2.24, 2.45) is 5.92 Å². The maximum Gasteiger partial charge on any atom is 0.334 e. The quantitative estimate of drug-likeness (QED) is 0.503. The SMILES string of the molecule is COC(=O)[C@H](O)C1CCN(c2cc(C#N)ccc2[N+](=O)[O-])CC1. The molecule has 1 heterocycles. The van der Waals surface area contributed by atoms with Gasteiger partial charge in [0.2, 0.25) is 0 Å². The molecule has 23 heavy (non-hydrogen) atoms. The van der Waals surface area contributed by atoms with Gasteiger partial charge in [0.1, 0.15) is 5.69 Å². The number of aliphatic hydroxyl groups is 1. The van der Waals surface area contributed by atoms with E-state index in [0.717, 1.165) is 0 Å². The smallest absolute Gasteiger partial charge is 0.334 e. The standard InChI is InChI=1S/C15H17N3O5/c1-23-15(20)14(19)11-4-6-17(7-5-11)13-8-10(9-16)2-3-12(13)18(21)22/h2-3,8,11,14,19H,4-7H2,1H3/t14-/m1/s1. The first-order valence-electron chi connectivity index (χ1n) is 7.17. The lowest BCUT2D eigenvalue weighted by Gasteiger charge is -2.34. The summed E-state index contributed by atoms with van der Waals surface area (Å²) in [6.07, 6.45) is -0.170. The summed E-state index contributed by atoms with van der Waals surface area (Å²) < 4.78 is 4.53. The number of methoxy groups -OCH3 is 1. The summed E-state index contributed by atoms with van der Waals surface area (Å²) in [5.41, 5.74) is 0.679. The molecule has 8 heteroatoms. The Bertz CT molecular complexity index is 647. The van der Waals surface area contributed by atoms with Gasteiger partial charge in [0.15, 0.2) is 6.10 Å². The van der Waals surface area contributed by atoms with Crippen molar-refractivity contribution in [3.63, 3.8) is 0 Å². The van der Waals surface area contributed by atoms with Crippen molar-refractivity contribution in [2.75, 3.05) is 25.1 Å². The van der Waals surface area contributed by atoms with Gasteiger partial charge in [-0.15, -0.1) is 0 Å². The number of hydrogen-bond acceptors (Lipinski definition) is 7. The molecule has 1 atom stereocenters. The number of ether oxygens (including phenoxy) is 1. The third-order valence-corrected chi connectivity index (χ3v) is 4.07. The summed E-state index contributed by atoms with van der Waals surface area (Å²) in [4.78, 5) is 23.9. The number of nitro groups is 1. The summed E-state index contributed by atoms with van der Waals surface area (Å²) in [6.45, 7) is 0.906. The van der Waals surface area contributed by atoms with E-state index in [2.05, 4.69) is 4.74 Å². The highest BCUT2D eigenvalue weighted by atomic mass is 16.6. The van der Waals surface area contributed by atoms with Crippen LogP contribution in [0, 0.1) is 27.4 Å². The van der Waals surface area contributed by atoms with Gasteiger partial charge in [-0.25, -0.2) is 4.79 Å². The number of carbonyl (C=O) groups is 1. The van der Waals surface area contributed by atoms with Crippen LogP contribution in [0.25, 0.3) is 0 Å². The Morgan fingerprint density at radius 1 is 1.52 bits per heavy atom. The molecule has 2 rings (SSSR count). The van der Waals surface area contributed by atoms with E-state index in [1.165, 1.54) is 25.3 Å². The highest BCUT2D eigenvalue weighted by Gasteiger charge is 2.32. The van der Waals surface area contributed by atoms with Crippen molar-refractivity contribution < 1.29 is 19.6 Å². The van der Waals surface area contributed by atoms with Crippen LogP contribution in [0.1, 0.15) is 18.4 Å². The second-order valence-electron chi connectivity index (χ2n) is 5.36. The van der Waals surface area contributed by atoms with Crippen molar-refractivity contribution in [2.45, 2.75) is 18.9 Å². The fourth-order valence-electron chi connectivity index (χ4n) is 2.77. The molecule has 0 aromatic heterocycles. The summed E-state index contributed by atoms with van der Waals surface area (Å²) in [5, 5.41) is 30.0. The second-order valence-corrected chi connectivity index (χ2v) is 5.36. The monoisotopic (exact) mass is 319 g/mol. The summed E-state index contributed by atoms with van der Waals surface area (Å²) >= 11 is 0. The van der Waals surface area contributed by atoms with Crippen molar-refractivity contribution >= 4 is 17.3 Å². The highest BCUT2D eigenvalue weighted by molar-refractivity contribution is 5.74. The van der Waals surface area contributed by atoms with Crippen LogP contribution in [-0.4, -0.2) is 42.3 Å². The van der Waals surface area contributed by atoms with E-state index in [1.807, 2.05) is 6.07 Å². The highest BCUT2D eigenvalue weighted by Crippen LogP contribution is 2.33. The molecule has 0 aliphatic carbocycles. The minimum atomic E-state index is -1.18. The summed E-state index contributed by atoms with van der Waals surface area (Å²) in [5.74, 6) is -0.905. The Balaban J connectivity index is 2.15. The van der Waals surface area contributed by atoms with Crippen molar-refractivity contribution in [3.05, 3.63) is 33.9 Å². The number of nitrogens with zero attached hydrogens (tertiary/aromatic N) is 3. The molecule has 8 nitrogen and oxygen atoms in total. The molecule has 0 unspecified atom stereocenters. The van der Waals surface area contributed by atoms with E-state index in [1.54, 1.807) is 4.90 Å². The third kappa shape index (κ3) is 3.57. The fourth-order valence-corrected chi connectivity index (χ4v) is 2.77. The Kier molecular flexibility index (Phi) is 5.13. The minimum Gasteiger partial charge on any atom is -0.467 e. The number of benzene rings is 1. The molecule has 0 amide bonds. The number of carbonyl (C=O) groups excluding carboxylic acids is 1. The van der Waals surface area contributed by atoms with E-state index >= 15 is 0 Å². The normalized spacial score (nSPS) is 16.5. The molecule has 1 aliphatic rings. The van der Waals surface area contributed by atoms with Crippen LogP contribution in [0.15, 0.2) is 18.2 Å². The first-order valence-corrected chi connectivity index (χ1v) is 7.17. The van der Waals surface area contributed by atoms with Crippen LogP contribution < -0.4 is 4.90 Å². The van der Waals surface area contributed by atoms with Crippen molar-refractivity contribution in [1.29, 1.82) is 5.26 Å². The maximum absolute atomic E-state index is 11.4. The molecule has 1 aromatic rings. The number of esters is 1. The Hall–Kier alpha value is -2.66. The average Bonchev–Trinajstić information content (AvgIpc) is 2.59. The van der Waals surface area contributed by atoms with Crippen LogP contribution in [-0.2, 0) is 9.53 Å². The summed E-state index contributed by atoms with van der Waals surface area (Å²) in [6, 6.07) is 6.20. The Morgan fingerprint density at radius 3 is 2.70 bits per heavy atom. The molecule has 1 N–H and O–H groups in total. The van der Waals surface area contributed by atoms with Crippen LogP contribution in [0.2, 0.25) is 0 Å². The van der Waals surface area contributed by atoms with Gasteiger partial charge in [-0.3, -0.25) is 10.1 Å². The van der Waals surface area contributed by atoms with Crippen LogP contribution in [0.3, 0.4) is 0 Å². The molecule has 0 radical (unpaired) electrons. The van der Waals surface area contributed by atoms with Crippen LogP contribution >= 0.6 is 0 Å². The molecular weight excluding hydrogens is 302 g/mol. The molecular formula is C15H17N3O5. The lowest BCUT2D eigenvalue weighted by atomic mass is 9.91. The largest absolute Gasteiger partial charge is 0.467 e. The number of anilines is 1. The number of piperidine rings is 1. The maximum atomic E-state index is 11.4. The molecule has 1 fully saturated rings. The van der Waals surface area contributed by atoms with Crippen LogP contribution in [0.5, 0.6) is 0 Å². The van der Waals surface area contributed by atoms with Gasteiger partial charge in [0.25, 0.3) is 5.69 Å². The van der Waals surface area contributed by atoms with Gasteiger partial charge in [0, 0.05) is 19.2 Å². The molecule has 122 valence electrons. The van der Waals surface area contributed by atoms with E-state index in [0.29, 0.717) is 37.2 Å². The predicted molar refractivity (Wildman–Crippen MR) is 80.8 cm³/mol. The minimum absolute atomic E-state index is 0.0593. The topological polar surface area (TPSA) is 117 Å². The molecule has 1 aromatic carbocycles. The van der Waals surface area contributed by atoms with E-state index in [4.69, 9.17) is 5.26 Å². The van der Waals surface area contributed by atoms with E-state index in [-0.39, 0.29) is 11.6 Å². The van der Waals surface area contributed by atoms with E-state index in [9.17, 15) is 20.0 Å². The molecule has 1 saturated heterocycles. The first kappa shape index (κ1) is 16.7. The third-order valence-electron chi connectivity index (χ3n) is 4.07. The van der Waals surface area contributed by atoms with Gasteiger partial charge < -0.3 is 14.7 Å². The number of rotatable bonds is 4. The number of nitro benzene ring substituents is 1. The average molecular weight is 319 g/mol. The molecule has 0 bridgehead atoms. The second kappa shape index (κ2) is 7.07. The predicted octanol–water partition coefficient (Wildman–Crippen LogP) is 1.22. The van der Waals surface area contributed by atoms with Crippen molar-refractivity contribution in [1.82, 2.24) is 0 Å².